The maximum Gasteiger partial charge on any atom is 0.204 e. The van der Waals surface area contributed by atoms with Crippen molar-refractivity contribution in [2.75, 3.05) is 5.73 Å². The van der Waals surface area contributed by atoms with Gasteiger partial charge in [0.15, 0.2) is 0 Å². The van der Waals surface area contributed by atoms with E-state index in [1.807, 2.05) is 16.0 Å². The standard InChI is InChI=1S/C10H9BrN2OS/c11-7-2-4-15-10(7)6-13-3-1-9(14)8(12)5-13/h1-5H,6,12H2. The van der Waals surface area contributed by atoms with Crippen LogP contribution in [0.4, 0.5) is 5.69 Å². The van der Waals surface area contributed by atoms with Crippen molar-refractivity contribution in [2.45, 2.75) is 6.54 Å². The molecule has 3 nitrogen and oxygen atoms in total. The van der Waals surface area contributed by atoms with Gasteiger partial charge in [-0.05, 0) is 27.4 Å². The van der Waals surface area contributed by atoms with Gasteiger partial charge in [0.05, 0.1) is 12.2 Å². The normalized spacial score (nSPS) is 10.5. The minimum atomic E-state index is -0.128. The zero-order valence-electron chi connectivity index (χ0n) is 7.81. The Labute approximate surface area is 99.3 Å². The first-order chi connectivity index (χ1) is 7.16. The average Bonchev–Trinajstić information content (AvgIpc) is 2.59. The summed E-state index contributed by atoms with van der Waals surface area (Å²) in [5.74, 6) is 0. The van der Waals surface area contributed by atoms with Gasteiger partial charge in [-0.2, -0.15) is 0 Å². The Morgan fingerprint density at radius 3 is 2.87 bits per heavy atom. The summed E-state index contributed by atoms with van der Waals surface area (Å²) >= 11 is 5.13. The number of hydrogen-bond acceptors (Lipinski definition) is 3. The van der Waals surface area contributed by atoms with Crippen LogP contribution in [-0.2, 0) is 6.54 Å². The van der Waals surface area contributed by atoms with Crippen molar-refractivity contribution in [2.24, 2.45) is 0 Å². The van der Waals surface area contributed by atoms with Crippen LogP contribution in [0.15, 0.2) is 39.2 Å². The van der Waals surface area contributed by atoms with Gasteiger partial charge in [-0.15, -0.1) is 11.3 Å². The number of pyridine rings is 1. The summed E-state index contributed by atoms with van der Waals surface area (Å²) in [6.07, 6.45) is 3.40. The van der Waals surface area contributed by atoms with Crippen LogP contribution < -0.4 is 11.2 Å². The molecule has 0 aliphatic rings. The molecule has 0 unspecified atom stereocenters. The molecular formula is C10H9BrN2OS. The fraction of sp³-hybridized carbons (Fsp3) is 0.100. The smallest absolute Gasteiger partial charge is 0.204 e. The molecule has 0 bridgehead atoms. The van der Waals surface area contributed by atoms with E-state index in [2.05, 4.69) is 15.9 Å². The van der Waals surface area contributed by atoms with E-state index in [-0.39, 0.29) is 11.1 Å². The first-order valence-corrected chi connectivity index (χ1v) is 6.01. The quantitative estimate of drug-likeness (QED) is 0.920. The van der Waals surface area contributed by atoms with Gasteiger partial charge in [-0.3, -0.25) is 4.79 Å². The number of rotatable bonds is 2. The minimum absolute atomic E-state index is 0.128. The van der Waals surface area contributed by atoms with E-state index < -0.39 is 0 Å². The molecule has 0 saturated heterocycles. The number of aromatic nitrogens is 1. The molecule has 0 aliphatic carbocycles. The Morgan fingerprint density at radius 2 is 2.27 bits per heavy atom. The topological polar surface area (TPSA) is 48.0 Å². The third-order valence-corrected chi connectivity index (χ3v) is 3.94. The Hall–Kier alpha value is -1.07. The van der Waals surface area contributed by atoms with Crippen LogP contribution in [0.2, 0.25) is 0 Å². The van der Waals surface area contributed by atoms with Crippen LogP contribution in [0.5, 0.6) is 0 Å². The lowest BCUT2D eigenvalue weighted by Gasteiger charge is -2.05. The molecule has 0 atom stereocenters. The Bertz CT molecular complexity index is 532. The van der Waals surface area contributed by atoms with Gasteiger partial charge < -0.3 is 10.3 Å². The van der Waals surface area contributed by atoms with Crippen LogP contribution in [0.3, 0.4) is 0 Å². The molecule has 0 spiro atoms. The summed E-state index contributed by atoms with van der Waals surface area (Å²) in [6.45, 7) is 0.725. The second kappa shape index (κ2) is 4.20. The van der Waals surface area contributed by atoms with Crippen molar-refractivity contribution in [3.8, 4) is 0 Å². The molecule has 0 saturated carbocycles. The van der Waals surface area contributed by atoms with Gasteiger partial charge >= 0.3 is 0 Å². The van der Waals surface area contributed by atoms with Gasteiger partial charge in [0, 0.05) is 27.8 Å². The fourth-order valence-electron chi connectivity index (χ4n) is 1.25. The van der Waals surface area contributed by atoms with Crippen molar-refractivity contribution in [3.63, 3.8) is 0 Å². The largest absolute Gasteiger partial charge is 0.394 e. The molecule has 2 rings (SSSR count). The second-order valence-electron chi connectivity index (χ2n) is 3.13. The van der Waals surface area contributed by atoms with Crippen molar-refractivity contribution < 1.29 is 0 Å². The highest BCUT2D eigenvalue weighted by molar-refractivity contribution is 9.10. The van der Waals surface area contributed by atoms with E-state index in [0.717, 1.165) is 11.0 Å². The van der Waals surface area contributed by atoms with Crippen molar-refractivity contribution in [3.05, 3.63) is 49.5 Å². The molecule has 2 N–H and O–H groups in total. The first-order valence-electron chi connectivity index (χ1n) is 4.34. The van der Waals surface area contributed by atoms with E-state index >= 15 is 0 Å². The van der Waals surface area contributed by atoms with E-state index in [9.17, 15) is 4.79 Å². The van der Waals surface area contributed by atoms with E-state index in [0.29, 0.717) is 0 Å². The lowest BCUT2D eigenvalue weighted by molar-refractivity contribution is 0.801. The molecule has 0 aliphatic heterocycles. The molecule has 0 fully saturated rings. The van der Waals surface area contributed by atoms with Crippen LogP contribution in [0, 0.1) is 0 Å². The molecule has 0 aromatic carbocycles. The lowest BCUT2D eigenvalue weighted by Crippen LogP contribution is -2.10. The summed E-state index contributed by atoms with van der Waals surface area (Å²) in [4.78, 5) is 12.3. The maximum absolute atomic E-state index is 11.1. The third kappa shape index (κ3) is 2.30. The summed E-state index contributed by atoms with van der Waals surface area (Å²) < 4.78 is 2.98. The fourth-order valence-corrected chi connectivity index (χ4v) is 2.73. The van der Waals surface area contributed by atoms with Crippen LogP contribution in [0.25, 0.3) is 0 Å². The zero-order valence-corrected chi connectivity index (χ0v) is 10.2. The number of thiophene rings is 1. The summed E-state index contributed by atoms with van der Waals surface area (Å²) in [5.41, 5.74) is 5.70. The highest BCUT2D eigenvalue weighted by Crippen LogP contribution is 2.23. The maximum atomic E-state index is 11.1. The molecule has 0 amide bonds. The number of nitrogens with zero attached hydrogens (tertiary/aromatic N) is 1. The first kappa shape index (κ1) is 10.4. The predicted octanol–water partition coefficient (Wildman–Crippen LogP) is 2.30. The van der Waals surface area contributed by atoms with Crippen molar-refractivity contribution in [1.29, 1.82) is 0 Å². The van der Waals surface area contributed by atoms with Crippen molar-refractivity contribution >= 4 is 33.0 Å². The van der Waals surface area contributed by atoms with E-state index in [1.165, 1.54) is 10.9 Å². The number of nitrogens with two attached hydrogens (primary N) is 1. The Morgan fingerprint density at radius 1 is 1.47 bits per heavy atom. The molecular weight excluding hydrogens is 276 g/mol. The van der Waals surface area contributed by atoms with Crippen LogP contribution in [-0.4, -0.2) is 4.57 Å². The second-order valence-corrected chi connectivity index (χ2v) is 4.98. The highest BCUT2D eigenvalue weighted by atomic mass is 79.9. The Kier molecular flexibility index (Phi) is 2.93. The van der Waals surface area contributed by atoms with Gasteiger partial charge in [-0.25, -0.2) is 0 Å². The summed E-state index contributed by atoms with van der Waals surface area (Å²) in [5, 5.41) is 2.02. The van der Waals surface area contributed by atoms with Gasteiger partial charge in [0.25, 0.3) is 0 Å². The monoisotopic (exact) mass is 284 g/mol. The lowest BCUT2D eigenvalue weighted by atomic mass is 10.4. The van der Waals surface area contributed by atoms with Crippen molar-refractivity contribution in [1.82, 2.24) is 4.57 Å². The van der Waals surface area contributed by atoms with Gasteiger partial charge in [-0.1, -0.05) is 0 Å². The molecule has 15 heavy (non-hydrogen) atoms. The number of halogens is 1. The molecule has 2 aromatic heterocycles. The van der Waals surface area contributed by atoms with Crippen LogP contribution >= 0.6 is 27.3 Å². The summed E-state index contributed by atoms with van der Waals surface area (Å²) in [6, 6.07) is 3.49. The summed E-state index contributed by atoms with van der Waals surface area (Å²) in [7, 11) is 0. The molecule has 5 heteroatoms. The SMILES string of the molecule is Nc1cn(Cc2sccc2Br)ccc1=O. The molecule has 78 valence electrons. The van der Waals surface area contributed by atoms with Gasteiger partial charge in [0.1, 0.15) is 0 Å². The minimum Gasteiger partial charge on any atom is -0.394 e. The average molecular weight is 285 g/mol. The number of nitrogen functional groups attached to an aromatic ring is 1. The molecule has 2 aromatic rings. The van der Waals surface area contributed by atoms with Gasteiger partial charge in [0.2, 0.25) is 5.43 Å². The molecule has 0 radical (unpaired) electrons. The highest BCUT2D eigenvalue weighted by Gasteiger charge is 2.02. The Balaban J connectivity index is 2.29. The molecule has 2 heterocycles. The number of anilines is 1. The van der Waals surface area contributed by atoms with E-state index in [4.69, 9.17) is 5.73 Å². The third-order valence-electron chi connectivity index (χ3n) is 2.02. The number of hydrogen-bond donors (Lipinski definition) is 1. The zero-order chi connectivity index (χ0) is 10.8. The van der Waals surface area contributed by atoms with E-state index in [1.54, 1.807) is 23.7 Å². The predicted molar refractivity (Wildman–Crippen MR) is 66.2 cm³/mol. The van der Waals surface area contributed by atoms with Crippen LogP contribution in [0.1, 0.15) is 4.88 Å².